The summed E-state index contributed by atoms with van der Waals surface area (Å²) in [5.74, 6) is 0. The Morgan fingerprint density at radius 2 is 2.00 bits per heavy atom. The van der Waals surface area contributed by atoms with Gasteiger partial charge in [0.25, 0.3) is 0 Å². The molecule has 0 fully saturated rings. The van der Waals surface area contributed by atoms with E-state index in [1.165, 1.54) is 0 Å². The Labute approximate surface area is 61.3 Å². The maximum Gasteiger partial charge on any atom is 0.0919 e. The fourth-order valence-corrected chi connectivity index (χ4v) is 0.215. The van der Waals surface area contributed by atoms with Gasteiger partial charge in [0, 0.05) is 12.4 Å². The van der Waals surface area contributed by atoms with Gasteiger partial charge in [0.2, 0.25) is 0 Å². The van der Waals surface area contributed by atoms with Crippen LogP contribution in [-0.2, 0) is 0 Å². The summed E-state index contributed by atoms with van der Waals surface area (Å²) in [5.41, 5.74) is 0. The molecule has 0 aliphatic carbocycles. The molecule has 0 saturated carbocycles. The summed E-state index contributed by atoms with van der Waals surface area (Å²) in [4.78, 5) is 6.42. The highest BCUT2D eigenvalue weighted by molar-refractivity contribution is 5.85. The van der Waals surface area contributed by atoms with Gasteiger partial charge in [-0.3, -0.25) is 0 Å². The van der Waals surface area contributed by atoms with Crippen molar-refractivity contribution in [2.45, 2.75) is 0 Å². The smallest absolute Gasteiger partial charge is 0.0919 e. The second kappa shape index (κ2) is 10.4. The maximum atomic E-state index is 3.67. The largest absolute Gasteiger partial charge is 0.351 e. The number of H-pyrrole nitrogens is 1. The third-order valence-corrected chi connectivity index (χ3v) is 0.406. The monoisotopic (exact) mass is 149 g/mol. The number of aromatic amines is 1. The van der Waals surface area contributed by atoms with Crippen molar-refractivity contribution >= 4 is 12.4 Å². The average molecular weight is 150 g/mol. The van der Waals surface area contributed by atoms with E-state index < -0.39 is 0 Å². The van der Waals surface area contributed by atoms with Crippen molar-refractivity contribution in [3.8, 4) is 0 Å². The second-order valence-corrected chi connectivity index (χ2v) is 1.26. The van der Waals surface area contributed by atoms with Gasteiger partial charge in [-0.25, -0.2) is 4.98 Å². The number of rotatable bonds is 0. The summed E-state index contributed by atoms with van der Waals surface area (Å²) >= 11 is 0. The molecule has 3 nitrogen and oxygen atoms in total. The van der Waals surface area contributed by atoms with Crippen LogP contribution in [0.1, 0.15) is 0 Å². The molecule has 0 aliphatic heterocycles. The number of imidazole rings is 1. The van der Waals surface area contributed by atoms with Crippen LogP contribution in [0, 0.1) is 0 Å². The van der Waals surface area contributed by atoms with Gasteiger partial charge in [0.1, 0.15) is 0 Å². The van der Waals surface area contributed by atoms with Crippen LogP contribution in [0.2, 0.25) is 0 Å². The number of nitrogens with one attached hydrogen (secondary N) is 2. The van der Waals surface area contributed by atoms with E-state index in [2.05, 4.69) is 15.3 Å². The number of halogens is 1. The third-order valence-electron chi connectivity index (χ3n) is 0.406. The Morgan fingerprint density at radius 3 is 2.11 bits per heavy atom. The molecule has 54 valence electrons. The highest BCUT2D eigenvalue weighted by Crippen LogP contribution is 1.62. The topological polar surface area (TPSA) is 40.7 Å². The fourth-order valence-electron chi connectivity index (χ4n) is 0.215. The zero-order valence-corrected chi connectivity index (χ0v) is 6.40. The van der Waals surface area contributed by atoms with Crippen molar-refractivity contribution in [2.24, 2.45) is 0 Å². The average Bonchev–Trinajstić information content (AvgIpc) is 2.17. The second-order valence-electron chi connectivity index (χ2n) is 1.26. The van der Waals surface area contributed by atoms with Crippen molar-refractivity contribution in [2.75, 3.05) is 14.1 Å². The van der Waals surface area contributed by atoms with Crippen LogP contribution in [0.25, 0.3) is 0 Å². The summed E-state index contributed by atoms with van der Waals surface area (Å²) in [6.07, 6.45) is 5.08. The van der Waals surface area contributed by atoms with E-state index in [-0.39, 0.29) is 12.4 Å². The normalized spacial score (nSPS) is 6.44. The van der Waals surface area contributed by atoms with E-state index in [1.807, 2.05) is 14.1 Å². The third kappa shape index (κ3) is 11.2. The first kappa shape index (κ1) is 11.3. The molecule has 0 amide bonds. The zero-order valence-electron chi connectivity index (χ0n) is 5.59. The number of nitrogens with zero attached hydrogens (tertiary/aromatic N) is 1. The molecule has 1 rings (SSSR count). The molecule has 1 aromatic heterocycles. The lowest BCUT2D eigenvalue weighted by Crippen LogP contribution is -1.89. The minimum Gasteiger partial charge on any atom is -0.351 e. The van der Waals surface area contributed by atoms with Gasteiger partial charge < -0.3 is 10.3 Å². The van der Waals surface area contributed by atoms with Gasteiger partial charge in [-0.05, 0) is 14.1 Å². The summed E-state index contributed by atoms with van der Waals surface area (Å²) in [5, 5.41) is 2.75. The quantitative estimate of drug-likeness (QED) is 0.569. The van der Waals surface area contributed by atoms with Crippen molar-refractivity contribution in [3.63, 3.8) is 0 Å². The van der Waals surface area contributed by atoms with Gasteiger partial charge in [-0.1, -0.05) is 0 Å². The Kier molecular flexibility index (Phi) is 13.1. The van der Waals surface area contributed by atoms with Crippen molar-refractivity contribution < 1.29 is 0 Å². The molecule has 0 spiro atoms. The minimum absolute atomic E-state index is 0. The molecule has 0 bridgehead atoms. The first-order valence-corrected chi connectivity index (χ1v) is 2.43. The first-order valence-electron chi connectivity index (χ1n) is 2.43. The fraction of sp³-hybridized carbons (Fsp3) is 0.400. The molecule has 9 heavy (non-hydrogen) atoms. The van der Waals surface area contributed by atoms with Gasteiger partial charge in [-0.2, -0.15) is 0 Å². The van der Waals surface area contributed by atoms with Crippen LogP contribution in [0.15, 0.2) is 18.7 Å². The van der Waals surface area contributed by atoms with E-state index >= 15 is 0 Å². The molecular formula is C5H12ClN3. The van der Waals surface area contributed by atoms with E-state index in [0.717, 1.165) is 0 Å². The van der Waals surface area contributed by atoms with Crippen LogP contribution >= 0.6 is 12.4 Å². The Morgan fingerprint density at radius 1 is 1.44 bits per heavy atom. The lowest BCUT2D eigenvalue weighted by molar-refractivity contribution is 1.02. The van der Waals surface area contributed by atoms with Crippen molar-refractivity contribution in [1.82, 2.24) is 15.3 Å². The van der Waals surface area contributed by atoms with Crippen molar-refractivity contribution in [3.05, 3.63) is 18.7 Å². The predicted molar refractivity (Wildman–Crippen MR) is 40.8 cm³/mol. The first-order chi connectivity index (χ1) is 3.91. The molecule has 0 unspecified atom stereocenters. The van der Waals surface area contributed by atoms with Crippen LogP contribution in [0.4, 0.5) is 0 Å². The molecule has 0 aliphatic rings. The SMILES string of the molecule is CNC.Cl.c1c[nH]cn1. The van der Waals surface area contributed by atoms with Crippen LogP contribution < -0.4 is 5.32 Å². The number of aromatic nitrogens is 2. The van der Waals surface area contributed by atoms with Gasteiger partial charge in [0.05, 0.1) is 6.33 Å². The molecule has 2 N–H and O–H groups in total. The van der Waals surface area contributed by atoms with E-state index in [1.54, 1.807) is 18.7 Å². The zero-order chi connectivity index (χ0) is 6.24. The van der Waals surface area contributed by atoms with E-state index in [4.69, 9.17) is 0 Å². The molecule has 1 aromatic rings. The van der Waals surface area contributed by atoms with Crippen LogP contribution in [-0.4, -0.2) is 24.1 Å². The summed E-state index contributed by atoms with van der Waals surface area (Å²) in [6.45, 7) is 0. The summed E-state index contributed by atoms with van der Waals surface area (Å²) in [6, 6.07) is 0. The van der Waals surface area contributed by atoms with Gasteiger partial charge >= 0.3 is 0 Å². The predicted octanol–water partition coefficient (Wildman–Crippen LogP) is 0.667. The lowest BCUT2D eigenvalue weighted by atomic mass is 11.0. The standard InChI is InChI=1S/C3H4N2.C2H7N.ClH/c1-2-5-3-4-1;1-3-2;/h1-3H,(H,4,5);3H,1-2H3;1H. The van der Waals surface area contributed by atoms with E-state index in [9.17, 15) is 0 Å². The Bertz CT molecular complexity index is 79.1. The number of hydrogen-bond donors (Lipinski definition) is 2. The van der Waals surface area contributed by atoms with Crippen LogP contribution in [0.3, 0.4) is 0 Å². The highest BCUT2D eigenvalue weighted by Gasteiger charge is 1.56. The number of hydrogen-bond acceptors (Lipinski definition) is 2. The minimum atomic E-state index is 0. The van der Waals surface area contributed by atoms with Gasteiger partial charge in [-0.15, -0.1) is 12.4 Å². The molecule has 0 saturated heterocycles. The molecule has 0 aromatic carbocycles. The highest BCUT2D eigenvalue weighted by atomic mass is 35.5. The molecular weight excluding hydrogens is 138 g/mol. The summed E-state index contributed by atoms with van der Waals surface area (Å²) in [7, 11) is 3.75. The molecule has 4 heteroatoms. The molecule has 0 radical (unpaired) electrons. The molecule has 0 atom stereocenters. The van der Waals surface area contributed by atoms with Gasteiger partial charge in [0.15, 0.2) is 0 Å². The van der Waals surface area contributed by atoms with Crippen LogP contribution in [0.5, 0.6) is 0 Å². The Hall–Kier alpha value is -0.540. The van der Waals surface area contributed by atoms with E-state index in [0.29, 0.717) is 0 Å². The van der Waals surface area contributed by atoms with Crippen molar-refractivity contribution in [1.29, 1.82) is 0 Å². The Balaban J connectivity index is 0. The maximum absolute atomic E-state index is 3.67. The summed E-state index contributed by atoms with van der Waals surface area (Å²) < 4.78 is 0. The molecule has 1 heterocycles. The lowest BCUT2D eigenvalue weighted by Gasteiger charge is -1.59.